The maximum atomic E-state index is 11.6. The van der Waals surface area contributed by atoms with Gasteiger partial charge in [0, 0.05) is 18.8 Å². The van der Waals surface area contributed by atoms with E-state index in [1.165, 1.54) is 0 Å². The summed E-state index contributed by atoms with van der Waals surface area (Å²) in [4.78, 5) is 11.6. The van der Waals surface area contributed by atoms with E-state index in [9.17, 15) is 4.79 Å². The van der Waals surface area contributed by atoms with Crippen LogP contribution in [0.2, 0.25) is 0 Å². The monoisotopic (exact) mass is 222 g/mol. The molecule has 4 nitrogen and oxygen atoms in total. The van der Waals surface area contributed by atoms with Crippen molar-refractivity contribution in [2.24, 2.45) is 0 Å². The third-order valence-electron chi connectivity index (χ3n) is 2.17. The molecule has 1 rings (SSSR count). The summed E-state index contributed by atoms with van der Waals surface area (Å²) in [5.74, 6) is -0.00526. The van der Waals surface area contributed by atoms with Crippen LogP contribution in [-0.2, 0) is 16.0 Å². The van der Waals surface area contributed by atoms with Gasteiger partial charge in [0.1, 0.15) is 0 Å². The molecule has 3 N–H and O–H groups in total. The van der Waals surface area contributed by atoms with E-state index >= 15 is 0 Å². The van der Waals surface area contributed by atoms with Crippen molar-refractivity contribution in [3.05, 3.63) is 29.8 Å². The highest BCUT2D eigenvalue weighted by atomic mass is 16.5. The standard InChI is InChI=1S/C12H18N2O2/c1-9(8-16-2)14-12(15)7-10-3-5-11(13)6-4-10/h3-6,9H,7-8,13H2,1-2H3,(H,14,15). The lowest BCUT2D eigenvalue weighted by Gasteiger charge is -2.12. The molecule has 0 bridgehead atoms. The number of benzene rings is 1. The number of nitrogens with two attached hydrogens (primary N) is 1. The van der Waals surface area contributed by atoms with Crippen molar-refractivity contribution < 1.29 is 9.53 Å². The number of hydrogen-bond donors (Lipinski definition) is 2. The quantitative estimate of drug-likeness (QED) is 0.729. The highest BCUT2D eigenvalue weighted by Gasteiger charge is 2.07. The summed E-state index contributed by atoms with van der Waals surface area (Å²) in [6.45, 7) is 2.43. The first-order valence-corrected chi connectivity index (χ1v) is 5.24. The minimum absolute atomic E-state index is 0.00526. The van der Waals surface area contributed by atoms with E-state index < -0.39 is 0 Å². The van der Waals surface area contributed by atoms with Crippen molar-refractivity contribution in [2.45, 2.75) is 19.4 Å². The molecule has 88 valence electrons. The van der Waals surface area contributed by atoms with Gasteiger partial charge in [0.2, 0.25) is 5.91 Å². The topological polar surface area (TPSA) is 64.3 Å². The Labute approximate surface area is 95.8 Å². The van der Waals surface area contributed by atoms with Gasteiger partial charge in [0.15, 0.2) is 0 Å². The zero-order valence-corrected chi connectivity index (χ0v) is 9.69. The number of hydrogen-bond acceptors (Lipinski definition) is 3. The van der Waals surface area contributed by atoms with Crippen molar-refractivity contribution in [3.8, 4) is 0 Å². The maximum Gasteiger partial charge on any atom is 0.224 e. The minimum Gasteiger partial charge on any atom is -0.399 e. The lowest BCUT2D eigenvalue weighted by molar-refractivity contribution is -0.121. The molecule has 1 atom stereocenters. The van der Waals surface area contributed by atoms with Crippen LogP contribution in [0, 0.1) is 0 Å². The van der Waals surface area contributed by atoms with Gasteiger partial charge in [-0.3, -0.25) is 4.79 Å². The first-order valence-electron chi connectivity index (χ1n) is 5.24. The van der Waals surface area contributed by atoms with Gasteiger partial charge in [-0.25, -0.2) is 0 Å². The number of nitrogen functional groups attached to an aromatic ring is 1. The second-order valence-corrected chi connectivity index (χ2v) is 3.84. The Morgan fingerprint density at radius 1 is 1.44 bits per heavy atom. The fraction of sp³-hybridized carbons (Fsp3) is 0.417. The first kappa shape index (κ1) is 12.5. The van der Waals surface area contributed by atoms with Crippen molar-refractivity contribution >= 4 is 11.6 Å². The van der Waals surface area contributed by atoms with Crippen LogP contribution in [0.5, 0.6) is 0 Å². The van der Waals surface area contributed by atoms with Gasteiger partial charge < -0.3 is 15.8 Å². The third kappa shape index (κ3) is 4.31. The number of ether oxygens (including phenoxy) is 1. The summed E-state index contributed by atoms with van der Waals surface area (Å²) < 4.78 is 4.94. The molecule has 1 aromatic carbocycles. The van der Waals surface area contributed by atoms with Crippen molar-refractivity contribution in [3.63, 3.8) is 0 Å². The summed E-state index contributed by atoms with van der Waals surface area (Å²) in [5, 5.41) is 2.85. The number of methoxy groups -OCH3 is 1. The fourth-order valence-corrected chi connectivity index (χ4v) is 1.44. The zero-order valence-electron chi connectivity index (χ0n) is 9.69. The average molecular weight is 222 g/mol. The summed E-state index contributed by atoms with van der Waals surface area (Å²) in [6.07, 6.45) is 0.369. The number of anilines is 1. The van der Waals surface area contributed by atoms with E-state index in [1.54, 1.807) is 19.2 Å². The lowest BCUT2D eigenvalue weighted by Crippen LogP contribution is -2.36. The molecule has 0 spiro atoms. The number of carbonyl (C=O) groups excluding carboxylic acids is 1. The second kappa shape index (κ2) is 6.12. The molecule has 0 fully saturated rings. The highest BCUT2D eigenvalue weighted by Crippen LogP contribution is 2.05. The first-order chi connectivity index (χ1) is 7.61. The van der Waals surface area contributed by atoms with Gasteiger partial charge in [-0.05, 0) is 24.6 Å². The van der Waals surface area contributed by atoms with Gasteiger partial charge in [-0.1, -0.05) is 12.1 Å². The Morgan fingerprint density at radius 2 is 2.06 bits per heavy atom. The van der Waals surface area contributed by atoms with Crippen LogP contribution in [-0.4, -0.2) is 25.7 Å². The van der Waals surface area contributed by atoms with Gasteiger partial charge in [-0.15, -0.1) is 0 Å². The minimum atomic E-state index is -0.00526. The van der Waals surface area contributed by atoms with Crippen LogP contribution in [0.4, 0.5) is 5.69 Å². The van der Waals surface area contributed by atoms with Crippen LogP contribution in [0.1, 0.15) is 12.5 Å². The molecule has 1 aromatic rings. The number of nitrogens with one attached hydrogen (secondary N) is 1. The number of amides is 1. The molecule has 0 aliphatic heterocycles. The van der Waals surface area contributed by atoms with E-state index in [0.29, 0.717) is 18.7 Å². The molecular weight excluding hydrogens is 204 g/mol. The Balaban J connectivity index is 2.42. The normalized spacial score (nSPS) is 12.1. The van der Waals surface area contributed by atoms with E-state index in [0.717, 1.165) is 5.56 Å². The average Bonchev–Trinajstić information content (AvgIpc) is 2.21. The lowest BCUT2D eigenvalue weighted by atomic mass is 10.1. The van der Waals surface area contributed by atoms with Crippen molar-refractivity contribution in [1.82, 2.24) is 5.32 Å². The van der Waals surface area contributed by atoms with Crippen LogP contribution in [0.15, 0.2) is 24.3 Å². The molecule has 1 amide bonds. The Kier molecular flexibility index (Phi) is 4.79. The van der Waals surface area contributed by atoms with Gasteiger partial charge in [0.25, 0.3) is 0 Å². The summed E-state index contributed by atoms with van der Waals surface area (Å²) in [5.41, 5.74) is 7.22. The molecule has 4 heteroatoms. The molecule has 0 radical (unpaired) electrons. The highest BCUT2D eigenvalue weighted by molar-refractivity contribution is 5.78. The van der Waals surface area contributed by atoms with Crippen molar-refractivity contribution in [2.75, 3.05) is 19.5 Å². The summed E-state index contributed by atoms with van der Waals surface area (Å²) >= 11 is 0. The van der Waals surface area contributed by atoms with E-state index in [1.807, 2.05) is 19.1 Å². The number of rotatable bonds is 5. The molecule has 0 aliphatic rings. The van der Waals surface area contributed by atoms with E-state index in [2.05, 4.69) is 5.32 Å². The van der Waals surface area contributed by atoms with Crippen molar-refractivity contribution in [1.29, 1.82) is 0 Å². The van der Waals surface area contributed by atoms with E-state index in [4.69, 9.17) is 10.5 Å². The molecule has 16 heavy (non-hydrogen) atoms. The largest absolute Gasteiger partial charge is 0.399 e. The Hall–Kier alpha value is -1.55. The van der Waals surface area contributed by atoms with Gasteiger partial charge in [-0.2, -0.15) is 0 Å². The summed E-state index contributed by atoms with van der Waals surface area (Å²) in [7, 11) is 1.61. The maximum absolute atomic E-state index is 11.6. The third-order valence-corrected chi connectivity index (χ3v) is 2.17. The smallest absolute Gasteiger partial charge is 0.224 e. The Morgan fingerprint density at radius 3 is 2.62 bits per heavy atom. The predicted octanol–water partition coefficient (Wildman–Crippen LogP) is 0.962. The SMILES string of the molecule is COCC(C)NC(=O)Cc1ccc(N)cc1. The molecule has 0 aromatic heterocycles. The second-order valence-electron chi connectivity index (χ2n) is 3.84. The molecular formula is C12H18N2O2. The molecule has 0 aliphatic carbocycles. The Bertz CT molecular complexity index is 335. The summed E-state index contributed by atoms with van der Waals surface area (Å²) in [6, 6.07) is 7.33. The molecule has 0 saturated carbocycles. The van der Waals surface area contributed by atoms with Crippen LogP contribution >= 0.6 is 0 Å². The fourth-order valence-electron chi connectivity index (χ4n) is 1.44. The van der Waals surface area contributed by atoms with Gasteiger partial charge in [0.05, 0.1) is 13.0 Å². The van der Waals surface area contributed by atoms with Crippen LogP contribution in [0.25, 0.3) is 0 Å². The zero-order chi connectivity index (χ0) is 12.0. The van der Waals surface area contributed by atoms with Crippen LogP contribution in [0.3, 0.4) is 0 Å². The number of carbonyl (C=O) groups is 1. The van der Waals surface area contributed by atoms with Crippen LogP contribution < -0.4 is 11.1 Å². The molecule has 1 unspecified atom stereocenters. The predicted molar refractivity (Wildman–Crippen MR) is 64.0 cm³/mol. The van der Waals surface area contributed by atoms with Gasteiger partial charge >= 0.3 is 0 Å². The molecule has 0 saturated heterocycles. The molecule has 0 heterocycles. The van der Waals surface area contributed by atoms with E-state index in [-0.39, 0.29) is 11.9 Å².